The van der Waals surface area contributed by atoms with E-state index in [1.54, 1.807) is 0 Å². The fraction of sp³-hybridized carbons (Fsp3) is 1.00. The minimum atomic E-state index is -3.18. The summed E-state index contributed by atoms with van der Waals surface area (Å²) in [6.07, 6.45) is 1.22. The van der Waals surface area contributed by atoms with Gasteiger partial charge in [0, 0.05) is 32.5 Å². The van der Waals surface area contributed by atoms with Crippen molar-refractivity contribution in [2.45, 2.75) is 18.6 Å². The van der Waals surface area contributed by atoms with Crippen LogP contribution in [0.15, 0.2) is 0 Å². The van der Waals surface area contributed by atoms with Gasteiger partial charge in [-0.25, -0.2) is 12.7 Å². The summed E-state index contributed by atoms with van der Waals surface area (Å²) in [5.74, 6) is -0.504. The molecule has 17 heavy (non-hydrogen) atoms. The predicted molar refractivity (Wildman–Crippen MR) is 65.5 cm³/mol. The van der Waals surface area contributed by atoms with Gasteiger partial charge in [-0.3, -0.25) is 0 Å². The van der Waals surface area contributed by atoms with E-state index in [2.05, 4.69) is 0 Å². The first-order chi connectivity index (χ1) is 7.58. The van der Waals surface area contributed by atoms with Crippen molar-refractivity contribution in [2.24, 2.45) is 5.73 Å². The maximum atomic E-state index is 11.8. The molecule has 0 unspecified atom stereocenters. The third-order valence-electron chi connectivity index (χ3n) is 3.07. The third kappa shape index (κ3) is 3.30. The molecule has 0 aromatic carbocycles. The minimum Gasteiger partial charge on any atom is -0.347 e. The zero-order valence-electron chi connectivity index (χ0n) is 9.63. The van der Waals surface area contributed by atoms with Crippen LogP contribution in [0.25, 0.3) is 0 Å². The lowest BCUT2D eigenvalue weighted by molar-refractivity contribution is -0.179. The zero-order valence-corrected chi connectivity index (χ0v) is 11.3. The first-order valence-corrected chi connectivity index (χ1v) is 7.15. The summed E-state index contributed by atoms with van der Waals surface area (Å²) in [5, 5.41) is 0. The van der Waals surface area contributed by atoms with Crippen molar-refractivity contribution >= 4 is 22.4 Å². The summed E-state index contributed by atoms with van der Waals surface area (Å²) in [5.41, 5.74) is 5.28. The van der Waals surface area contributed by atoms with Crippen LogP contribution >= 0.6 is 12.4 Å². The Labute approximate surface area is 108 Å². The van der Waals surface area contributed by atoms with E-state index in [4.69, 9.17) is 15.2 Å². The van der Waals surface area contributed by atoms with E-state index in [0.29, 0.717) is 39.1 Å². The monoisotopic (exact) mass is 286 g/mol. The molecule has 2 N–H and O–H groups in total. The topological polar surface area (TPSA) is 81.9 Å². The largest absolute Gasteiger partial charge is 0.347 e. The molecule has 0 aliphatic carbocycles. The minimum absolute atomic E-state index is 0. The molecule has 2 fully saturated rings. The zero-order chi connectivity index (χ0) is 11.6. The average molecular weight is 287 g/mol. The van der Waals surface area contributed by atoms with Crippen LogP contribution in [0.3, 0.4) is 0 Å². The molecule has 0 atom stereocenters. The number of nitrogens with zero attached hydrogens (tertiary/aromatic N) is 1. The second-order valence-electron chi connectivity index (χ2n) is 4.11. The van der Waals surface area contributed by atoms with Gasteiger partial charge >= 0.3 is 0 Å². The van der Waals surface area contributed by atoms with Crippen LogP contribution < -0.4 is 5.73 Å². The van der Waals surface area contributed by atoms with E-state index in [-0.39, 0.29) is 24.7 Å². The molecule has 0 aromatic rings. The first kappa shape index (κ1) is 15.1. The number of sulfonamides is 1. The molecule has 2 rings (SSSR count). The van der Waals surface area contributed by atoms with Gasteiger partial charge in [0.05, 0.1) is 19.0 Å². The van der Waals surface area contributed by atoms with Crippen molar-refractivity contribution in [1.29, 1.82) is 0 Å². The van der Waals surface area contributed by atoms with Gasteiger partial charge in [-0.1, -0.05) is 0 Å². The number of rotatable bonds is 3. The fourth-order valence-corrected chi connectivity index (χ4v) is 3.46. The maximum absolute atomic E-state index is 11.8. The Morgan fingerprint density at radius 2 is 1.71 bits per heavy atom. The molecule has 8 heteroatoms. The molecule has 1 spiro atoms. The molecule has 0 amide bonds. The highest BCUT2D eigenvalue weighted by molar-refractivity contribution is 7.89. The van der Waals surface area contributed by atoms with Gasteiger partial charge in [-0.15, -0.1) is 12.4 Å². The Hall–Kier alpha value is 0.0800. The fourth-order valence-electron chi connectivity index (χ4n) is 2.17. The molecule has 0 radical (unpaired) electrons. The smallest absolute Gasteiger partial charge is 0.215 e. The van der Waals surface area contributed by atoms with Gasteiger partial charge in [0.2, 0.25) is 10.0 Å². The predicted octanol–water partition coefficient (Wildman–Crippen LogP) is -0.464. The Bertz CT molecular complexity index is 333. The van der Waals surface area contributed by atoms with Gasteiger partial charge in [0.15, 0.2) is 5.79 Å². The van der Waals surface area contributed by atoms with Crippen molar-refractivity contribution in [3.05, 3.63) is 0 Å². The number of nitrogens with two attached hydrogens (primary N) is 1. The molecule has 0 aromatic heterocycles. The van der Waals surface area contributed by atoms with E-state index in [1.165, 1.54) is 4.31 Å². The molecule has 6 nitrogen and oxygen atoms in total. The maximum Gasteiger partial charge on any atom is 0.215 e. The summed E-state index contributed by atoms with van der Waals surface area (Å²) in [7, 11) is -3.18. The van der Waals surface area contributed by atoms with Crippen LogP contribution in [0, 0.1) is 0 Å². The molecule has 0 saturated carbocycles. The van der Waals surface area contributed by atoms with Crippen molar-refractivity contribution in [2.75, 3.05) is 38.6 Å². The summed E-state index contributed by atoms with van der Waals surface area (Å²) in [4.78, 5) is 0. The second-order valence-corrected chi connectivity index (χ2v) is 6.20. The van der Waals surface area contributed by atoms with Crippen LogP contribution in [0.2, 0.25) is 0 Å². The molecule has 0 bridgehead atoms. The SMILES string of the molecule is Cl.NCCS(=O)(=O)N1CCC2(CC1)OCCO2. The highest BCUT2D eigenvalue weighted by Gasteiger charge is 2.42. The number of piperidine rings is 1. The summed E-state index contributed by atoms with van der Waals surface area (Å²) in [6, 6.07) is 0. The molecular formula is C9H19ClN2O4S. The lowest BCUT2D eigenvalue weighted by atomic mass is 10.1. The Morgan fingerprint density at radius 1 is 1.18 bits per heavy atom. The molecular weight excluding hydrogens is 268 g/mol. The summed E-state index contributed by atoms with van der Waals surface area (Å²) in [6.45, 7) is 2.30. The average Bonchev–Trinajstić information content (AvgIpc) is 2.67. The Balaban J connectivity index is 0.00000144. The summed E-state index contributed by atoms with van der Waals surface area (Å²) >= 11 is 0. The van der Waals surface area contributed by atoms with Crippen LogP contribution in [-0.2, 0) is 19.5 Å². The van der Waals surface area contributed by atoms with Crippen LogP contribution in [0.4, 0.5) is 0 Å². The van der Waals surface area contributed by atoms with Gasteiger partial charge in [0.25, 0.3) is 0 Å². The van der Waals surface area contributed by atoms with Gasteiger partial charge in [-0.2, -0.15) is 0 Å². The standard InChI is InChI=1S/C9H18N2O4S.ClH/c10-3-8-16(12,13)11-4-1-9(2-5-11)14-6-7-15-9;/h1-8,10H2;1H. The van der Waals surface area contributed by atoms with Crippen molar-refractivity contribution < 1.29 is 17.9 Å². The van der Waals surface area contributed by atoms with Crippen molar-refractivity contribution in [1.82, 2.24) is 4.31 Å². The molecule has 2 aliphatic heterocycles. The lowest BCUT2D eigenvalue weighted by Gasteiger charge is -2.36. The highest BCUT2D eigenvalue weighted by atomic mass is 35.5. The summed E-state index contributed by atoms with van der Waals surface area (Å²) < 4.78 is 36.1. The van der Waals surface area contributed by atoms with Gasteiger partial charge in [0.1, 0.15) is 0 Å². The van der Waals surface area contributed by atoms with Gasteiger partial charge < -0.3 is 15.2 Å². The van der Waals surface area contributed by atoms with E-state index in [1.807, 2.05) is 0 Å². The van der Waals surface area contributed by atoms with E-state index in [0.717, 1.165) is 0 Å². The quantitative estimate of drug-likeness (QED) is 0.759. The third-order valence-corrected chi connectivity index (χ3v) is 4.97. The number of hydrogen-bond acceptors (Lipinski definition) is 5. The van der Waals surface area contributed by atoms with Crippen LogP contribution in [0.1, 0.15) is 12.8 Å². The van der Waals surface area contributed by atoms with Crippen molar-refractivity contribution in [3.8, 4) is 0 Å². The number of hydrogen-bond donors (Lipinski definition) is 1. The van der Waals surface area contributed by atoms with E-state index < -0.39 is 15.8 Å². The second kappa shape index (κ2) is 5.81. The lowest BCUT2D eigenvalue weighted by Crippen LogP contribution is -2.48. The number of ether oxygens (including phenoxy) is 2. The Kier molecular flexibility index (Phi) is 5.18. The normalized spacial score (nSPS) is 24.8. The molecule has 2 aliphatic rings. The Morgan fingerprint density at radius 3 is 2.18 bits per heavy atom. The molecule has 102 valence electrons. The van der Waals surface area contributed by atoms with Crippen LogP contribution in [0.5, 0.6) is 0 Å². The number of halogens is 1. The molecule has 2 saturated heterocycles. The van der Waals surface area contributed by atoms with Crippen LogP contribution in [-0.4, -0.2) is 57.1 Å². The first-order valence-electron chi connectivity index (χ1n) is 5.54. The molecule has 2 heterocycles. The van der Waals surface area contributed by atoms with Crippen molar-refractivity contribution in [3.63, 3.8) is 0 Å². The van der Waals surface area contributed by atoms with E-state index >= 15 is 0 Å². The van der Waals surface area contributed by atoms with Gasteiger partial charge in [-0.05, 0) is 0 Å². The highest BCUT2D eigenvalue weighted by Crippen LogP contribution is 2.32. The van der Waals surface area contributed by atoms with E-state index in [9.17, 15) is 8.42 Å².